The molecule has 0 saturated carbocycles. The van der Waals surface area contributed by atoms with Gasteiger partial charge in [-0.2, -0.15) is 0 Å². The van der Waals surface area contributed by atoms with Gasteiger partial charge in [-0.05, 0) is 50.1 Å². The van der Waals surface area contributed by atoms with Crippen LogP contribution in [0.15, 0.2) is 30.3 Å². The van der Waals surface area contributed by atoms with E-state index in [1.807, 2.05) is 32.9 Å². The van der Waals surface area contributed by atoms with E-state index in [0.29, 0.717) is 10.8 Å². The Balaban J connectivity index is 1.91. The number of hydrazine groups is 1. The predicted octanol–water partition coefficient (Wildman–Crippen LogP) is 3.76. The highest BCUT2D eigenvalue weighted by Gasteiger charge is 2.13. The van der Waals surface area contributed by atoms with E-state index in [1.54, 1.807) is 6.07 Å². The Morgan fingerprint density at radius 1 is 1.00 bits per heavy atom. The molecule has 5 nitrogen and oxygen atoms in total. The van der Waals surface area contributed by atoms with Crippen molar-refractivity contribution in [2.24, 2.45) is 0 Å². The minimum atomic E-state index is -0.566. The molecule has 0 saturated heterocycles. The van der Waals surface area contributed by atoms with Gasteiger partial charge >= 0.3 is 0 Å². The summed E-state index contributed by atoms with van der Waals surface area (Å²) in [6.07, 6.45) is 0. The van der Waals surface area contributed by atoms with Crippen LogP contribution in [0.4, 0.5) is 0 Å². The van der Waals surface area contributed by atoms with Gasteiger partial charge in [-0.25, -0.2) is 0 Å². The summed E-state index contributed by atoms with van der Waals surface area (Å²) in [5.41, 5.74) is 7.74. The lowest BCUT2D eigenvalue weighted by Gasteiger charge is -2.13. The second kappa shape index (κ2) is 8.23. The Kier molecular flexibility index (Phi) is 6.28. The second-order valence-electron chi connectivity index (χ2n) is 5.64. The van der Waals surface area contributed by atoms with Crippen molar-refractivity contribution in [1.29, 1.82) is 0 Å². The van der Waals surface area contributed by atoms with Crippen LogP contribution in [-0.4, -0.2) is 18.4 Å². The number of carbonyl (C=O) groups excluding carboxylic acids is 2. The van der Waals surface area contributed by atoms with Crippen LogP contribution in [0.1, 0.15) is 27.0 Å². The van der Waals surface area contributed by atoms with Gasteiger partial charge in [-0.15, -0.1) is 0 Å². The molecule has 0 bridgehead atoms. The van der Waals surface area contributed by atoms with E-state index >= 15 is 0 Å². The minimum Gasteiger partial charge on any atom is -0.483 e. The standard InChI is InChI=1S/C18H18Cl2N2O3/c1-10-6-11(2)17(12(3)7-10)25-9-16(23)21-22-18(24)14-8-13(19)4-5-15(14)20/h4-8H,9H2,1-3H3,(H,21,23)(H,22,24). The van der Waals surface area contributed by atoms with Gasteiger partial charge in [0.25, 0.3) is 11.8 Å². The normalized spacial score (nSPS) is 10.3. The first-order valence-electron chi connectivity index (χ1n) is 7.53. The molecule has 0 fully saturated rings. The summed E-state index contributed by atoms with van der Waals surface area (Å²) in [5, 5.41) is 0.604. The van der Waals surface area contributed by atoms with Crippen LogP contribution in [-0.2, 0) is 4.79 Å². The minimum absolute atomic E-state index is 0.167. The first-order valence-corrected chi connectivity index (χ1v) is 8.28. The lowest BCUT2D eigenvalue weighted by Crippen LogP contribution is -2.44. The smallest absolute Gasteiger partial charge is 0.276 e. The van der Waals surface area contributed by atoms with Crippen molar-refractivity contribution < 1.29 is 14.3 Å². The molecule has 0 heterocycles. The molecule has 25 heavy (non-hydrogen) atoms. The third kappa shape index (κ3) is 5.11. The largest absolute Gasteiger partial charge is 0.483 e. The van der Waals surface area contributed by atoms with Crippen LogP contribution in [0.3, 0.4) is 0 Å². The van der Waals surface area contributed by atoms with Crippen LogP contribution in [0, 0.1) is 20.8 Å². The number of aryl methyl sites for hydroxylation is 3. The summed E-state index contributed by atoms with van der Waals surface area (Å²) in [6.45, 7) is 5.59. The summed E-state index contributed by atoms with van der Waals surface area (Å²) >= 11 is 11.8. The molecular weight excluding hydrogens is 363 g/mol. The molecule has 0 atom stereocenters. The van der Waals surface area contributed by atoms with Gasteiger partial charge in [0.2, 0.25) is 0 Å². The number of hydrogen-bond donors (Lipinski definition) is 2. The highest BCUT2D eigenvalue weighted by Crippen LogP contribution is 2.24. The molecule has 0 unspecified atom stereocenters. The average molecular weight is 381 g/mol. The number of carbonyl (C=O) groups is 2. The molecule has 0 aliphatic rings. The highest BCUT2D eigenvalue weighted by atomic mass is 35.5. The molecule has 0 radical (unpaired) electrons. The fourth-order valence-corrected chi connectivity index (χ4v) is 2.81. The molecule has 2 N–H and O–H groups in total. The number of hydrogen-bond acceptors (Lipinski definition) is 3. The fraction of sp³-hybridized carbons (Fsp3) is 0.222. The van der Waals surface area contributed by atoms with Gasteiger partial charge in [0.05, 0.1) is 10.6 Å². The Hall–Kier alpha value is -2.24. The van der Waals surface area contributed by atoms with Crippen molar-refractivity contribution in [3.63, 3.8) is 0 Å². The van der Waals surface area contributed by atoms with Crippen molar-refractivity contribution in [3.05, 3.63) is 62.6 Å². The van der Waals surface area contributed by atoms with Crippen LogP contribution >= 0.6 is 23.2 Å². The average Bonchev–Trinajstić information content (AvgIpc) is 2.53. The Morgan fingerprint density at radius 3 is 2.28 bits per heavy atom. The van der Waals surface area contributed by atoms with Gasteiger partial charge in [0, 0.05) is 5.02 Å². The van der Waals surface area contributed by atoms with E-state index in [-0.39, 0.29) is 17.2 Å². The van der Waals surface area contributed by atoms with E-state index < -0.39 is 11.8 Å². The molecule has 2 aromatic carbocycles. The van der Waals surface area contributed by atoms with Crippen LogP contribution in [0.25, 0.3) is 0 Å². The fourth-order valence-electron chi connectivity index (χ4n) is 2.43. The zero-order valence-corrected chi connectivity index (χ0v) is 15.6. The Morgan fingerprint density at radius 2 is 1.64 bits per heavy atom. The third-order valence-electron chi connectivity index (χ3n) is 3.44. The highest BCUT2D eigenvalue weighted by molar-refractivity contribution is 6.35. The van der Waals surface area contributed by atoms with E-state index in [9.17, 15) is 9.59 Å². The number of nitrogens with one attached hydrogen (secondary N) is 2. The van der Waals surface area contributed by atoms with E-state index in [1.165, 1.54) is 12.1 Å². The molecule has 132 valence electrons. The molecule has 7 heteroatoms. The summed E-state index contributed by atoms with van der Waals surface area (Å²) in [4.78, 5) is 23.9. The first kappa shape index (κ1) is 19.1. The molecule has 2 aromatic rings. The van der Waals surface area contributed by atoms with E-state index in [4.69, 9.17) is 27.9 Å². The van der Waals surface area contributed by atoms with Crippen LogP contribution in [0.5, 0.6) is 5.75 Å². The van der Waals surface area contributed by atoms with E-state index in [2.05, 4.69) is 10.9 Å². The Bertz CT molecular complexity index is 799. The second-order valence-corrected chi connectivity index (χ2v) is 6.49. The maximum Gasteiger partial charge on any atom is 0.276 e. The van der Waals surface area contributed by atoms with Gasteiger partial charge in [0.1, 0.15) is 5.75 Å². The van der Waals surface area contributed by atoms with Crippen molar-refractivity contribution in [2.75, 3.05) is 6.61 Å². The SMILES string of the molecule is Cc1cc(C)c(OCC(=O)NNC(=O)c2cc(Cl)ccc2Cl)c(C)c1. The van der Waals surface area contributed by atoms with Crippen molar-refractivity contribution in [2.45, 2.75) is 20.8 Å². The third-order valence-corrected chi connectivity index (χ3v) is 4.01. The lowest BCUT2D eigenvalue weighted by atomic mass is 10.1. The molecule has 0 aliphatic carbocycles. The maximum absolute atomic E-state index is 12.0. The predicted molar refractivity (Wildman–Crippen MR) is 98.2 cm³/mol. The van der Waals surface area contributed by atoms with Crippen molar-refractivity contribution in [3.8, 4) is 5.75 Å². The number of benzene rings is 2. The van der Waals surface area contributed by atoms with Crippen LogP contribution in [0.2, 0.25) is 10.0 Å². The van der Waals surface area contributed by atoms with Crippen molar-refractivity contribution in [1.82, 2.24) is 10.9 Å². The van der Waals surface area contributed by atoms with Gasteiger partial charge in [0.15, 0.2) is 6.61 Å². The number of amides is 2. The molecule has 0 aromatic heterocycles. The molecular formula is C18H18Cl2N2O3. The van der Waals surface area contributed by atoms with Gasteiger partial charge in [-0.3, -0.25) is 20.4 Å². The van der Waals surface area contributed by atoms with Gasteiger partial charge in [-0.1, -0.05) is 40.9 Å². The molecule has 2 amide bonds. The molecule has 0 spiro atoms. The zero-order valence-electron chi connectivity index (χ0n) is 14.1. The number of halogens is 2. The number of ether oxygens (including phenoxy) is 1. The summed E-state index contributed by atoms with van der Waals surface area (Å²) < 4.78 is 5.55. The first-order chi connectivity index (χ1) is 11.8. The number of rotatable bonds is 4. The molecule has 0 aliphatic heterocycles. The summed E-state index contributed by atoms with van der Waals surface area (Å²) in [6, 6.07) is 8.44. The topological polar surface area (TPSA) is 67.4 Å². The molecule has 2 rings (SSSR count). The quantitative estimate of drug-likeness (QED) is 0.793. The van der Waals surface area contributed by atoms with Crippen molar-refractivity contribution >= 4 is 35.0 Å². The van der Waals surface area contributed by atoms with Crippen LogP contribution < -0.4 is 15.6 Å². The van der Waals surface area contributed by atoms with Gasteiger partial charge < -0.3 is 4.74 Å². The Labute approximate surface area is 156 Å². The summed E-state index contributed by atoms with van der Waals surface area (Å²) in [7, 11) is 0. The summed E-state index contributed by atoms with van der Waals surface area (Å²) in [5.74, 6) is -0.403. The zero-order chi connectivity index (χ0) is 18.6. The monoisotopic (exact) mass is 380 g/mol. The maximum atomic E-state index is 12.0. The lowest BCUT2D eigenvalue weighted by molar-refractivity contribution is -0.123. The van der Waals surface area contributed by atoms with E-state index in [0.717, 1.165) is 16.7 Å².